The molecule has 1 aliphatic heterocycles. The molecule has 1 aromatic carbocycles. The molecule has 0 aliphatic carbocycles. The molecular formula is C16H24F2IN3O. The van der Waals surface area contributed by atoms with Crippen LogP contribution in [0.3, 0.4) is 0 Å². The number of benzene rings is 1. The van der Waals surface area contributed by atoms with E-state index in [-0.39, 0.29) is 30.1 Å². The fraction of sp³-hybridized carbons (Fsp3) is 0.562. The van der Waals surface area contributed by atoms with Crippen LogP contribution in [0.2, 0.25) is 0 Å². The molecule has 130 valence electrons. The van der Waals surface area contributed by atoms with Crippen molar-refractivity contribution in [3.05, 3.63) is 35.4 Å². The van der Waals surface area contributed by atoms with E-state index < -0.39 is 11.6 Å². The Bertz CT molecular complexity index is 520. The summed E-state index contributed by atoms with van der Waals surface area (Å²) in [6.07, 6.45) is 1.57. The lowest BCUT2D eigenvalue weighted by Gasteiger charge is -2.32. The summed E-state index contributed by atoms with van der Waals surface area (Å²) in [4.78, 5) is 6.58. The second kappa shape index (κ2) is 10.0. The number of nitrogens with zero attached hydrogens (tertiary/aromatic N) is 2. The zero-order valence-electron chi connectivity index (χ0n) is 13.3. The van der Waals surface area contributed by atoms with Gasteiger partial charge in [0.25, 0.3) is 0 Å². The van der Waals surface area contributed by atoms with Gasteiger partial charge in [-0.05, 0) is 49.9 Å². The Hall–Kier alpha value is -0.960. The number of halogens is 3. The summed E-state index contributed by atoms with van der Waals surface area (Å²) < 4.78 is 26.7. The highest BCUT2D eigenvalue weighted by Crippen LogP contribution is 2.12. The molecule has 2 N–H and O–H groups in total. The van der Waals surface area contributed by atoms with Gasteiger partial charge in [0.15, 0.2) is 5.96 Å². The molecule has 1 aliphatic rings. The zero-order valence-corrected chi connectivity index (χ0v) is 15.6. The van der Waals surface area contributed by atoms with Crippen molar-refractivity contribution in [2.45, 2.75) is 32.3 Å². The summed E-state index contributed by atoms with van der Waals surface area (Å²) in [5.41, 5.74) is 0.341. The molecule has 1 fully saturated rings. The maximum atomic E-state index is 13.6. The first kappa shape index (κ1) is 20.1. The Kier molecular flexibility index (Phi) is 8.75. The smallest absolute Gasteiger partial charge is 0.193 e. The predicted octanol–water partition coefficient (Wildman–Crippen LogP) is 2.55. The van der Waals surface area contributed by atoms with Crippen LogP contribution in [0.4, 0.5) is 8.78 Å². The molecule has 0 unspecified atom stereocenters. The van der Waals surface area contributed by atoms with Gasteiger partial charge in [0, 0.05) is 26.2 Å². The van der Waals surface area contributed by atoms with Gasteiger partial charge < -0.3 is 15.3 Å². The number of guanidine groups is 1. The lowest BCUT2D eigenvalue weighted by atomic mass is 10.1. The summed E-state index contributed by atoms with van der Waals surface area (Å²) >= 11 is 0. The molecule has 2 rings (SSSR count). The molecule has 0 bridgehead atoms. The Morgan fingerprint density at radius 1 is 1.35 bits per heavy atom. The number of aliphatic hydroxyl groups excluding tert-OH is 1. The van der Waals surface area contributed by atoms with Crippen molar-refractivity contribution in [1.29, 1.82) is 0 Å². The molecule has 23 heavy (non-hydrogen) atoms. The standard InChI is InChI=1S/C16H23F2N3O.HI/c1-2-19-16(21-9-6-14(22)7-10-21)20-8-5-12-11-13(17)3-4-15(12)18;/h3-4,11,14,22H,2,5-10H2,1H3,(H,19,20);1H. The molecule has 0 saturated carbocycles. The first-order chi connectivity index (χ1) is 10.6. The van der Waals surface area contributed by atoms with Gasteiger partial charge in [-0.1, -0.05) is 0 Å². The number of nitrogens with one attached hydrogen (secondary N) is 1. The Morgan fingerprint density at radius 2 is 2.04 bits per heavy atom. The average Bonchev–Trinajstić information content (AvgIpc) is 2.51. The summed E-state index contributed by atoms with van der Waals surface area (Å²) in [6, 6.07) is 3.48. The average molecular weight is 439 g/mol. The van der Waals surface area contributed by atoms with Crippen LogP contribution in [0.1, 0.15) is 25.3 Å². The van der Waals surface area contributed by atoms with Gasteiger partial charge in [-0.2, -0.15) is 0 Å². The molecule has 0 radical (unpaired) electrons. The van der Waals surface area contributed by atoms with E-state index in [1.807, 2.05) is 6.92 Å². The van der Waals surface area contributed by atoms with Gasteiger partial charge >= 0.3 is 0 Å². The van der Waals surface area contributed by atoms with Crippen LogP contribution in [0, 0.1) is 11.6 Å². The van der Waals surface area contributed by atoms with Gasteiger partial charge in [0.2, 0.25) is 0 Å². The highest BCUT2D eigenvalue weighted by atomic mass is 127. The van der Waals surface area contributed by atoms with Crippen LogP contribution < -0.4 is 5.32 Å². The molecule has 1 heterocycles. The molecule has 4 nitrogen and oxygen atoms in total. The largest absolute Gasteiger partial charge is 0.393 e. The number of hydrogen-bond donors (Lipinski definition) is 2. The van der Waals surface area contributed by atoms with E-state index in [2.05, 4.69) is 15.2 Å². The SMILES string of the molecule is CCNC(=NCCc1cc(F)ccc1F)N1CCC(O)CC1.I. The van der Waals surface area contributed by atoms with Crippen LogP contribution in [0.5, 0.6) is 0 Å². The molecule has 0 aromatic heterocycles. The third-order valence-corrected chi connectivity index (χ3v) is 3.75. The topological polar surface area (TPSA) is 47.9 Å². The second-order valence-electron chi connectivity index (χ2n) is 5.44. The van der Waals surface area contributed by atoms with Crippen LogP contribution in [0.25, 0.3) is 0 Å². The van der Waals surface area contributed by atoms with Gasteiger partial charge in [-0.25, -0.2) is 8.78 Å². The highest BCUT2D eigenvalue weighted by Gasteiger charge is 2.19. The molecule has 1 saturated heterocycles. The molecule has 1 aromatic rings. The normalized spacial score (nSPS) is 16.2. The molecular weight excluding hydrogens is 415 g/mol. The molecule has 7 heteroatoms. The van der Waals surface area contributed by atoms with Gasteiger partial charge in [0.05, 0.1) is 6.10 Å². The van der Waals surface area contributed by atoms with Crippen LogP contribution in [-0.4, -0.2) is 48.2 Å². The van der Waals surface area contributed by atoms with E-state index in [1.54, 1.807) is 0 Å². The van der Waals surface area contributed by atoms with Crippen molar-refractivity contribution in [2.75, 3.05) is 26.2 Å². The number of aliphatic hydroxyl groups is 1. The third kappa shape index (κ3) is 6.21. The minimum absolute atomic E-state index is 0. The van der Waals surface area contributed by atoms with E-state index in [4.69, 9.17) is 0 Å². The number of piperidine rings is 1. The quantitative estimate of drug-likeness (QED) is 0.431. The van der Waals surface area contributed by atoms with E-state index in [0.717, 1.165) is 50.6 Å². The molecule has 0 atom stereocenters. The summed E-state index contributed by atoms with van der Waals surface area (Å²) in [5, 5.41) is 12.8. The third-order valence-electron chi connectivity index (χ3n) is 3.75. The first-order valence-corrected chi connectivity index (χ1v) is 7.75. The highest BCUT2D eigenvalue weighted by molar-refractivity contribution is 14.0. The monoisotopic (exact) mass is 439 g/mol. The maximum absolute atomic E-state index is 13.6. The Balaban J connectivity index is 0.00000264. The van der Waals surface area contributed by atoms with Crippen molar-refractivity contribution in [3.63, 3.8) is 0 Å². The van der Waals surface area contributed by atoms with Crippen molar-refractivity contribution < 1.29 is 13.9 Å². The van der Waals surface area contributed by atoms with E-state index in [0.29, 0.717) is 18.5 Å². The maximum Gasteiger partial charge on any atom is 0.193 e. The molecule has 0 spiro atoms. The van der Waals surface area contributed by atoms with Gasteiger partial charge in [-0.3, -0.25) is 4.99 Å². The predicted molar refractivity (Wildman–Crippen MR) is 98.3 cm³/mol. The van der Waals surface area contributed by atoms with Crippen molar-refractivity contribution in [1.82, 2.24) is 10.2 Å². The minimum Gasteiger partial charge on any atom is -0.393 e. The van der Waals surface area contributed by atoms with Crippen molar-refractivity contribution >= 4 is 29.9 Å². The lowest BCUT2D eigenvalue weighted by Crippen LogP contribution is -2.46. The van der Waals surface area contributed by atoms with E-state index in [9.17, 15) is 13.9 Å². The van der Waals surface area contributed by atoms with Crippen molar-refractivity contribution in [3.8, 4) is 0 Å². The van der Waals surface area contributed by atoms with Crippen molar-refractivity contribution in [2.24, 2.45) is 4.99 Å². The number of hydrogen-bond acceptors (Lipinski definition) is 2. The number of aliphatic imine (C=N–C) groups is 1. The summed E-state index contributed by atoms with van der Waals surface area (Å²) in [5.74, 6) is -0.0637. The fourth-order valence-electron chi connectivity index (χ4n) is 2.52. The van der Waals surface area contributed by atoms with Crippen LogP contribution in [-0.2, 0) is 6.42 Å². The fourth-order valence-corrected chi connectivity index (χ4v) is 2.52. The minimum atomic E-state index is -0.433. The second-order valence-corrected chi connectivity index (χ2v) is 5.44. The van der Waals surface area contributed by atoms with Gasteiger partial charge in [-0.15, -0.1) is 24.0 Å². The van der Waals surface area contributed by atoms with Gasteiger partial charge in [0.1, 0.15) is 11.6 Å². The number of likely N-dealkylation sites (tertiary alicyclic amines) is 1. The Morgan fingerprint density at radius 3 is 2.70 bits per heavy atom. The number of rotatable bonds is 4. The zero-order chi connectivity index (χ0) is 15.9. The lowest BCUT2D eigenvalue weighted by molar-refractivity contribution is 0.108. The molecule has 0 amide bonds. The van der Waals surface area contributed by atoms with Crippen LogP contribution in [0.15, 0.2) is 23.2 Å². The summed E-state index contributed by atoms with van der Waals surface area (Å²) in [6.45, 7) is 4.62. The Labute approximate surface area is 153 Å². The summed E-state index contributed by atoms with van der Waals surface area (Å²) in [7, 11) is 0. The van der Waals surface area contributed by atoms with E-state index in [1.165, 1.54) is 6.07 Å². The van der Waals surface area contributed by atoms with Crippen LogP contribution >= 0.6 is 24.0 Å². The first-order valence-electron chi connectivity index (χ1n) is 7.75. The van der Waals surface area contributed by atoms with E-state index >= 15 is 0 Å².